The van der Waals surface area contributed by atoms with Gasteiger partial charge in [0, 0.05) is 17.7 Å². The first kappa shape index (κ1) is 19.9. The molecule has 1 aliphatic heterocycles. The topological polar surface area (TPSA) is 119 Å². The maximum Gasteiger partial charge on any atom is 0.271 e. The van der Waals surface area contributed by atoms with Crippen LogP contribution in [-0.4, -0.2) is 29.8 Å². The summed E-state index contributed by atoms with van der Waals surface area (Å²) in [6, 6.07) is 10.0. The number of rotatable bonds is 5. The number of nitrogens with one attached hydrogen (secondary N) is 1. The summed E-state index contributed by atoms with van der Waals surface area (Å²) in [5, 5.41) is 13.6. The molecule has 0 radical (unpaired) electrons. The zero-order chi connectivity index (χ0) is 22.6. The van der Waals surface area contributed by atoms with Crippen LogP contribution < -0.4 is 15.0 Å². The molecule has 1 saturated heterocycles. The number of imide groups is 1. The second-order valence-electron chi connectivity index (χ2n) is 8.15. The van der Waals surface area contributed by atoms with Gasteiger partial charge in [0.25, 0.3) is 11.6 Å². The van der Waals surface area contributed by atoms with E-state index in [1.807, 2.05) is 12.2 Å². The number of hydrogen-bond donors (Lipinski definition) is 1. The third-order valence-corrected chi connectivity index (χ3v) is 6.50. The molecule has 2 aromatic rings. The predicted octanol–water partition coefficient (Wildman–Crippen LogP) is 3.17. The largest absolute Gasteiger partial charge is 0.495 e. The maximum atomic E-state index is 12.9. The number of nitrogens with zero attached hydrogens (tertiary/aromatic N) is 2. The summed E-state index contributed by atoms with van der Waals surface area (Å²) in [6.07, 6.45) is 4.94. The van der Waals surface area contributed by atoms with Crippen LogP contribution in [0.25, 0.3) is 0 Å². The fraction of sp³-hybridized carbons (Fsp3) is 0.261. The fourth-order valence-corrected chi connectivity index (χ4v) is 5.02. The second kappa shape index (κ2) is 7.30. The van der Waals surface area contributed by atoms with Gasteiger partial charge < -0.3 is 10.1 Å². The van der Waals surface area contributed by atoms with Gasteiger partial charge in [-0.3, -0.25) is 29.4 Å². The van der Waals surface area contributed by atoms with Crippen LogP contribution in [0.15, 0.2) is 54.6 Å². The number of amides is 3. The summed E-state index contributed by atoms with van der Waals surface area (Å²) in [4.78, 5) is 50.2. The molecule has 0 aromatic heterocycles. The number of hydrogen-bond acceptors (Lipinski definition) is 6. The normalized spacial score (nSPS) is 25.2. The molecule has 3 aliphatic rings. The molecule has 2 fully saturated rings. The minimum atomic E-state index is -0.564. The summed E-state index contributed by atoms with van der Waals surface area (Å²) in [5.74, 6) is -0.922. The van der Waals surface area contributed by atoms with E-state index in [4.69, 9.17) is 4.74 Å². The van der Waals surface area contributed by atoms with Gasteiger partial charge in [-0.15, -0.1) is 0 Å². The molecule has 3 amide bonds. The standard InChI is InChI=1S/C23H19N3O6/c1-32-18-9-8-16(26(30)31)11-17(18)24-21(27)12-4-6-15(7-5-12)25-22(28)19-13-2-3-14(10-13)20(19)23(25)29/h2-9,11,13-14,19-20H,10H2,1H3,(H,24,27)/t13-,14-,19-,20+/m0/s1. The van der Waals surface area contributed by atoms with E-state index in [0.29, 0.717) is 5.69 Å². The number of anilines is 2. The Kier molecular flexibility index (Phi) is 4.54. The zero-order valence-corrected chi connectivity index (χ0v) is 17.1. The number of fused-ring (bicyclic) bond motifs is 5. The molecule has 162 valence electrons. The molecule has 32 heavy (non-hydrogen) atoms. The molecule has 0 unspecified atom stereocenters. The van der Waals surface area contributed by atoms with Crippen LogP contribution in [0.2, 0.25) is 0 Å². The maximum absolute atomic E-state index is 12.9. The van der Waals surface area contributed by atoms with Gasteiger partial charge in [-0.25, -0.2) is 0 Å². The van der Waals surface area contributed by atoms with Crippen LogP contribution in [0.4, 0.5) is 17.1 Å². The van der Waals surface area contributed by atoms with Crippen LogP contribution in [0, 0.1) is 33.8 Å². The highest BCUT2D eigenvalue weighted by atomic mass is 16.6. The Morgan fingerprint density at radius 2 is 1.69 bits per heavy atom. The monoisotopic (exact) mass is 433 g/mol. The minimum absolute atomic E-state index is 0.126. The van der Waals surface area contributed by atoms with Crippen molar-refractivity contribution < 1.29 is 24.0 Å². The minimum Gasteiger partial charge on any atom is -0.495 e. The number of carbonyl (C=O) groups is 3. The van der Waals surface area contributed by atoms with Gasteiger partial charge in [0.2, 0.25) is 11.8 Å². The van der Waals surface area contributed by atoms with Gasteiger partial charge in [0.1, 0.15) is 5.75 Å². The third kappa shape index (κ3) is 2.96. The summed E-state index contributed by atoms with van der Waals surface area (Å²) in [6.45, 7) is 0. The van der Waals surface area contributed by atoms with Crippen LogP contribution in [0.3, 0.4) is 0 Å². The number of carbonyl (C=O) groups excluding carboxylic acids is 3. The lowest BCUT2D eigenvalue weighted by molar-refractivity contribution is -0.384. The van der Waals surface area contributed by atoms with Crippen molar-refractivity contribution in [3.8, 4) is 5.75 Å². The van der Waals surface area contributed by atoms with Crippen molar-refractivity contribution >= 4 is 34.8 Å². The second-order valence-corrected chi connectivity index (χ2v) is 8.15. The molecule has 2 aromatic carbocycles. The Labute approximate surface area is 182 Å². The van der Waals surface area contributed by atoms with Crippen molar-refractivity contribution in [2.45, 2.75) is 6.42 Å². The average Bonchev–Trinajstić information content (AvgIpc) is 3.47. The smallest absolute Gasteiger partial charge is 0.271 e. The lowest BCUT2D eigenvalue weighted by Crippen LogP contribution is -2.32. The molecule has 2 aliphatic carbocycles. The third-order valence-electron chi connectivity index (χ3n) is 6.50. The lowest BCUT2D eigenvalue weighted by atomic mass is 9.85. The van der Waals surface area contributed by atoms with Gasteiger partial charge in [-0.05, 0) is 48.6 Å². The van der Waals surface area contributed by atoms with Gasteiger partial charge in [-0.1, -0.05) is 12.2 Å². The Bertz CT molecular complexity index is 1160. The average molecular weight is 433 g/mol. The van der Waals surface area contributed by atoms with E-state index in [1.54, 1.807) is 12.1 Å². The summed E-state index contributed by atoms with van der Waals surface area (Å²) in [7, 11) is 1.40. The first-order valence-corrected chi connectivity index (χ1v) is 10.2. The Morgan fingerprint density at radius 3 is 2.25 bits per heavy atom. The molecule has 1 heterocycles. The number of nitro benzene ring substituents is 1. The van der Waals surface area contributed by atoms with Crippen molar-refractivity contribution in [2.24, 2.45) is 23.7 Å². The SMILES string of the molecule is COc1ccc([N+](=O)[O-])cc1NC(=O)c1ccc(N2C(=O)[C@@H]3[C@H](C2=O)[C@H]2C=C[C@H]3C2)cc1. The highest BCUT2D eigenvalue weighted by Crippen LogP contribution is 2.53. The van der Waals surface area contributed by atoms with Gasteiger partial charge >= 0.3 is 0 Å². The Morgan fingerprint density at radius 1 is 1.06 bits per heavy atom. The first-order chi connectivity index (χ1) is 15.4. The van der Waals surface area contributed by atoms with Gasteiger partial charge in [-0.2, -0.15) is 0 Å². The molecule has 9 nitrogen and oxygen atoms in total. The van der Waals surface area contributed by atoms with Crippen molar-refractivity contribution in [1.82, 2.24) is 0 Å². The van der Waals surface area contributed by atoms with Gasteiger partial charge in [0.05, 0.1) is 35.2 Å². The summed E-state index contributed by atoms with van der Waals surface area (Å²) in [5.41, 5.74) is 0.676. The number of allylic oxidation sites excluding steroid dienone is 2. The molecule has 1 N–H and O–H groups in total. The van der Waals surface area contributed by atoms with Crippen LogP contribution in [0.1, 0.15) is 16.8 Å². The van der Waals surface area contributed by atoms with E-state index < -0.39 is 10.8 Å². The summed E-state index contributed by atoms with van der Waals surface area (Å²) >= 11 is 0. The summed E-state index contributed by atoms with van der Waals surface area (Å²) < 4.78 is 5.16. The molecule has 9 heteroatoms. The number of benzene rings is 2. The first-order valence-electron chi connectivity index (χ1n) is 10.2. The van der Waals surface area contributed by atoms with Crippen molar-refractivity contribution in [2.75, 3.05) is 17.3 Å². The van der Waals surface area contributed by atoms with Crippen LogP contribution >= 0.6 is 0 Å². The molecular formula is C23H19N3O6. The number of nitro groups is 1. The predicted molar refractivity (Wildman–Crippen MR) is 114 cm³/mol. The van der Waals surface area contributed by atoms with Crippen LogP contribution in [-0.2, 0) is 9.59 Å². The van der Waals surface area contributed by atoms with E-state index in [9.17, 15) is 24.5 Å². The molecule has 0 spiro atoms. The van der Waals surface area contributed by atoms with Crippen molar-refractivity contribution in [3.63, 3.8) is 0 Å². The number of ether oxygens (including phenoxy) is 1. The lowest BCUT2D eigenvalue weighted by Gasteiger charge is -2.17. The van der Waals surface area contributed by atoms with Crippen LogP contribution in [0.5, 0.6) is 5.75 Å². The molecule has 5 rings (SSSR count). The number of methoxy groups -OCH3 is 1. The Hall–Kier alpha value is -4.01. The zero-order valence-electron chi connectivity index (χ0n) is 17.1. The van der Waals surface area contributed by atoms with E-state index in [2.05, 4.69) is 5.32 Å². The molecule has 1 saturated carbocycles. The van der Waals surface area contributed by atoms with Gasteiger partial charge in [0.15, 0.2) is 0 Å². The highest BCUT2D eigenvalue weighted by molar-refractivity contribution is 6.23. The van der Waals surface area contributed by atoms with E-state index >= 15 is 0 Å². The Balaban J connectivity index is 1.35. The quantitative estimate of drug-likeness (QED) is 0.335. The number of non-ortho nitro benzene ring substituents is 1. The molecule has 2 bridgehead atoms. The molecule has 4 atom stereocenters. The molecular weight excluding hydrogens is 414 g/mol. The highest BCUT2D eigenvalue weighted by Gasteiger charge is 2.59. The fourth-order valence-electron chi connectivity index (χ4n) is 5.02. The van der Waals surface area contributed by atoms with E-state index in [1.165, 1.54) is 42.3 Å². The van der Waals surface area contributed by atoms with E-state index in [-0.39, 0.29) is 58.2 Å². The van der Waals surface area contributed by atoms with E-state index in [0.717, 1.165) is 6.42 Å². The van der Waals surface area contributed by atoms with Crippen molar-refractivity contribution in [1.29, 1.82) is 0 Å². The van der Waals surface area contributed by atoms with Crippen molar-refractivity contribution in [3.05, 3.63) is 70.3 Å².